The molecule has 3 heterocycles. The van der Waals surface area contributed by atoms with Crippen molar-refractivity contribution in [1.82, 2.24) is 19.7 Å². The fourth-order valence-electron chi connectivity index (χ4n) is 5.30. The lowest BCUT2D eigenvalue weighted by atomic mass is 9.90. The average molecular weight is 429 g/mol. The lowest BCUT2D eigenvalue weighted by molar-refractivity contribution is 0.0698. The molecular formula is C27H32N4O. The molecule has 1 amide bonds. The van der Waals surface area contributed by atoms with Crippen LogP contribution in [0.3, 0.4) is 0 Å². The summed E-state index contributed by atoms with van der Waals surface area (Å²) < 4.78 is 1.94. The summed E-state index contributed by atoms with van der Waals surface area (Å²) in [6.45, 7) is 6.46. The summed E-state index contributed by atoms with van der Waals surface area (Å²) in [7, 11) is 0. The van der Waals surface area contributed by atoms with Crippen LogP contribution in [0.25, 0.3) is 11.1 Å². The number of hydrogen-bond acceptors (Lipinski definition) is 3. The molecule has 0 spiro atoms. The van der Waals surface area contributed by atoms with Gasteiger partial charge < -0.3 is 4.90 Å². The second-order valence-electron chi connectivity index (χ2n) is 9.15. The summed E-state index contributed by atoms with van der Waals surface area (Å²) in [6.07, 6.45) is 6.25. The molecule has 0 unspecified atom stereocenters. The zero-order valence-electron chi connectivity index (χ0n) is 19.2. The number of nitrogens with zero attached hydrogens (tertiary/aromatic N) is 4. The van der Waals surface area contributed by atoms with E-state index in [2.05, 4.69) is 50.2 Å². The number of carbonyl (C=O) groups is 1. The third-order valence-electron chi connectivity index (χ3n) is 7.01. The van der Waals surface area contributed by atoms with Crippen LogP contribution in [0.4, 0.5) is 0 Å². The molecule has 1 saturated heterocycles. The van der Waals surface area contributed by atoms with Gasteiger partial charge in [0.2, 0.25) is 0 Å². The predicted molar refractivity (Wildman–Crippen MR) is 127 cm³/mol. The monoisotopic (exact) mass is 428 g/mol. The van der Waals surface area contributed by atoms with Crippen molar-refractivity contribution >= 4 is 5.91 Å². The molecule has 1 aromatic carbocycles. The minimum Gasteiger partial charge on any atom is -0.337 e. The summed E-state index contributed by atoms with van der Waals surface area (Å²) in [4.78, 5) is 20.4. The predicted octanol–water partition coefficient (Wildman–Crippen LogP) is 5.17. The fourth-order valence-corrected chi connectivity index (χ4v) is 5.30. The third-order valence-corrected chi connectivity index (χ3v) is 7.01. The summed E-state index contributed by atoms with van der Waals surface area (Å²) in [5, 5.41) is 4.76. The van der Waals surface area contributed by atoms with Crippen LogP contribution in [0.1, 0.15) is 71.7 Å². The number of amides is 1. The van der Waals surface area contributed by atoms with Crippen LogP contribution in [-0.2, 0) is 19.4 Å². The Morgan fingerprint density at radius 1 is 1.03 bits per heavy atom. The van der Waals surface area contributed by atoms with E-state index in [1.807, 2.05) is 15.6 Å². The molecule has 32 heavy (non-hydrogen) atoms. The molecule has 5 heteroatoms. The summed E-state index contributed by atoms with van der Waals surface area (Å²) in [5.74, 6) is 0.564. The second kappa shape index (κ2) is 8.89. The van der Waals surface area contributed by atoms with Crippen LogP contribution in [0.2, 0.25) is 0 Å². The van der Waals surface area contributed by atoms with Crippen molar-refractivity contribution in [3.63, 3.8) is 0 Å². The Bertz CT molecular complexity index is 1110. The Morgan fingerprint density at radius 3 is 2.53 bits per heavy atom. The first-order valence-electron chi connectivity index (χ1n) is 12.1. The van der Waals surface area contributed by atoms with E-state index in [-0.39, 0.29) is 5.91 Å². The van der Waals surface area contributed by atoms with Crippen molar-refractivity contribution in [3.8, 4) is 11.1 Å². The van der Waals surface area contributed by atoms with E-state index in [1.54, 1.807) is 0 Å². The zero-order chi connectivity index (χ0) is 22.1. The lowest BCUT2D eigenvalue weighted by Crippen LogP contribution is -2.39. The molecule has 0 atom stereocenters. The average Bonchev–Trinajstić information content (AvgIpc) is 3.22. The Hall–Kier alpha value is -2.95. The molecule has 1 fully saturated rings. The van der Waals surface area contributed by atoms with Crippen molar-refractivity contribution in [2.45, 2.75) is 64.8 Å². The van der Waals surface area contributed by atoms with Gasteiger partial charge in [-0.1, -0.05) is 30.3 Å². The molecule has 0 radical (unpaired) electrons. The molecule has 5 nitrogen and oxygen atoms in total. The van der Waals surface area contributed by atoms with Crippen LogP contribution in [-0.4, -0.2) is 38.7 Å². The Balaban J connectivity index is 1.33. The standard InChI is InChI=1S/C27H32N4O/c1-3-31-26(23-11-7-8-12-24(23)29-31)27(32)30-15-13-21(14-16-30)25-18-22(17-19(2)28-25)20-9-5-4-6-10-20/h4-6,9-10,17-18,21H,3,7-8,11-16H2,1-2H3. The van der Waals surface area contributed by atoms with Crippen LogP contribution in [0, 0.1) is 6.92 Å². The maximum atomic E-state index is 13.5. The third kappa shape index (κ3) is 3.96. The molecular weight excluding hydrogens is 396 g/mol. The van der Waals surface area contributed by atoms with Crippen LogP contribution in [0.15, 0.2) is 42.5 Å². The van der Waals surface area contributed by atoms with Crippen molar-refractivity contribution in [2.24, 2.45) is 0 Å². The highest BCUT2D eigenvalue weighted by atomic mass is 16.2. The van der Waals surface area contributed by atoms with Gasteiger partial charge in [-0.15, -0.1) is 0 Å². The highest BCUT2D eigenvalue weighted by Crippen LogP contribution is 2.32. The first-order chi connectivity index (χ1) is 15.6. The molecule has 1 aliphatic carbocycles. The molecule has 1 aliphatic heterocycles. The van der Waals surface area contributed by atoms with Gasteiger partial charge >= 0.3 is 0 Å². The molecule has 3 aromatic rings. The largest absolute Gasteiger partial charge is 0.337 e. The minimum absolute atomic E-state index is 0.170. The Morgan fingerprint density at radius 2 is 1.78 bits per heavy atom. The minimum atomic E-state index is 0.170. The van der Waals surface area contributed by atoms with E-state index in [4.69, 9.17) is 10.1 Å². The molecule has 5 rings (SSSR count). The number of aryl methyl sites for hydroxylation is 3. The number of aromatic nitrogens is 3. The molecule has 0 bridgehead atoms. The molecule has 166 valence electrons. The van der Waals surface area contributed by atoms with Crippen LogP contribution in [0.5, 0.6) is 0 Å². The zero-order valence-corrected chi connectivity index (χ0v) is 19.2. The van der Waals surface area contributed by atoms with E-state index in [0.29, 0.717) is 5.92 Å². The molecule has 0 N–H and O–H groups in total. The van der Waals surface area contributed by atoms with E-state index in [0.717, 1.165) is 74.5 Å². The normalized spacial score (nSPS) is 16.8. The maximum absolute atomic E-state index is 13.5. The number of carbonyl (C=O) groups excluding carboxylic acids is 1. The number of piperidine rings is 1. The molecule has 0 saturated carbocycles. The summed E-state index contributed by atoms with van der Waals surface area (Å²) >= 11 is 0. The topological polar surface area (TPSA) is 51.0 Å². The highest BCUT2D eigenvalue weighted by molar-refractivity contribution is 5.94. The van der Waals surface area contributed by atoms with Gasteiger partial charge in [0.15, 0.2) is 0 Å². The van der Waals surface area contributed by atoms with Crippen molar-refractivity contribution < 1.29 is 4.79 Å². The number of fused-ring (bicyclic) bond motifs is 1. The van der Waals surface area contributed by atoms with Gasteiger partial charge in [-0.2, -0.15) is 5.10 Å². The lowest BCUT2D eigenvalue weighted by Gasteiger charge is -2.32. The Labute approximate surface area is 190 Å². The maximum Gasteiger partial charge on any atom is 0.272 e. The number of benzene rings is 1. The number of pyridine rings is 1. The molecule has 2 aliphatic rings. The summed E-state index contributed by atoms with van der Waals surface area (Å²) in [5.41, 5.74) is 7.87. The number of hydrogen-bond donors (Lipinski definition) is 0. The fraction of sp³-hybridized carbons (Fsp3) is 0.444. The van der Waals surface area contributed by atoms with Crippen molar-refractivity contribution in [3.05, 3.63) is 70.8 Å². The smallest absolute Gasteiger partial charge is 0.272 e. The van der Waals surface area contributed by atoms with Crippen LogP contribution < -0.4 is 0 Å². The van der Waals surface area contributed by atoms with E-state index in [9.17, 15) is 4.79 Å². The SMILES string of the molecule is CCn1nc2c(c1C(=O)N1CCC(c3cc(-c4ccccc4)cc(C)n3)CC1)CCCC2. The van der Waals surface area contributed by atoms with Gasteiger partial charge in [-0.05, 0) is 75.6 Å². The van der Waals surface area contributed by atoms with Crippen molar-refractivity contribution in [1.29, 1.82) is 0 Å². The second-order valence-corrected chi connectivity index (χ2v) is 9.15. The first kappa shape index (κ1) is 20.9. The molecule has 2 aromatic heterocycles. The number of likely N-dealkylation sites (tertiary alicyclic amines) is 1. The van der Waals surface area contributed by atoms with E-state index < -0.39 is 0 Å². The number of rotatable bonds is 4. The van der Waals surface area contributed by atoms with Crippen LogP contribution >= 0.6 is 0 Å². The van der Waals surface area contributed by atoms with Gasteiger partial charge in [-0.3, -0.25) is 14.5 Å². The van der Waals surface area contributed by atoms with Crippen molar-refractivity contribution in [2.75, 3.05) is 13.1 Å². The van der Waals surface area contributed by atoms with Gasteiger partial charge in [0.25, 0.3) is 5.91 Å². The van der Waals surface area contributed by atoms with E-state index >= 15 is 0 Å². The van der Waals surface area contributed by atoms with Gasteiger partial charge in [0, 0.05) is 42.5 Å². The van der Waals surface area contributed by atoms with Gasteiger partial charge in [-0.25, -0.2) is 0 Å². The summed E-state index contributed by atoms with van der Waals surface area (Å²) in [6, 6.07) is 14.9. The van der Waals surface area contributed by atoms with Gasteiger partial charge in [0.1, 0.15) is 5.69 Å². The Kier molecular flexibility index (Phi) is 5.81. The quantitative estimate of drug-likeness (QED) is 0.576. The van der Waals surface area contributed by atoms with Gasteiger partial charge in [0.05, 0.1) is 5.69 Å². The highest BCUT2D eigenvalue weighted by Gasteiger charge is 2.31. The van der Waals surface area contributed by atoms with E-state index in [1.165, 1.54) is 23.1 Å². The first-order valence-corrected chi connectivity index (χ1v) is 12.1.